The van der Waals surface area contributed by atoms with Crippen LogP contribution in [0.15, 0.2) is 29.1 Å². The van der Waals surface area contributed by atoms with E-state index in [1.165, 1.54) is 0 Å². The molecule has 1 fully saturated rings. The molecule has 3 aromatic rings. The first-order valence-corrected chi connectivity index (χ1v) is 11.7. The fraction of sp³-hybridized carbons (Fsp3) is 0.522. The number of aromatic nitrogens is 4. The number of ether oxygens (including phenoxy) is 2. The lowest BCUT2D eigenvalue weighted by Crippen LogP contribution is -2.37. The smallest absolute Gasteiger partial charge is 0.328 e. The van der Waals surface area contributed by atoms with E-state index in [0.717, 1.165) is 70.0 Å². The van der Waals surface area contributed by atoms with Crippen molar-refractivity contribution < 1.29 is 9.47 Å². The van der Waals surface area contributed by atoms with Crippen molar-refractivity contribution in [3.05, 3.63) is 40.3 Å². The van der Waals surface area contributed by atoms with E-state index in [2.05, 4.69) is 32.1 Å². The summed E-state index contributed by atoms with van der Waals surface area (Å²) in [6, 6.07) is 7.80. The van der Waals surface area contributed by atoms with Crippen molar-refractivity contribution in [2.45, 2.75) is 32.7 Å². The number of imidazole rings is 1. The third-order valence-corrected chi connectivity index (χ3v) is 5.72. The van der Waals surface area contributed by atoms with Gasteiger partial charge in [0.25, 0.3) is 0 Å². The van der Waals surface area contributed by atoms with Gasteiger partial charge in [-0.3, -0.25) is 9.47 Å². The van der Waals surface area contributed by atoms with E-state index >= 15 is 0 Å². The molecule has 178 valence electrons. The monoisotopic (exact) mass is 455 g/mol. The van der Waals surface area contributed by atoms with Crippen molar-refractivity contribution in [3.63, 3.8) is 0 Å². The van der Waals surface area contributed by atoms with E-state index in [4.69, 9.17) is 15.2 Å². The lowest BCUT2D eigenvalue weighted by atomic mass is 10.2. The number of benzene rings is 1. The van der Waals surface area contributed by atoms with Crippen LogP contribution in [-0.2, 0) is 11.3 Å². The van der Waals surface area contributed by atoms with Gasteiger partial charge in [0.15, 0.2) is 11.5 Å². The van der Waals surface area contributed by atoms with Crippen LogP contribution in [0.2, 0.25) is 0 Å². The van der Waals surface area contributed by atoms with Crippen molar-refractivity contribution in [2.24, 2.45) is 0 Å². The average Bonchev–Trinajstić information content (AvgIpc) is 3.14. The fourth-order valence-corrected chi connectivity index (χ4v) is 3.83. The summed E-state index contributed by atoms with van der Waals surface area (Å²) in [4.78, 5) is 26.5. The van der Waals surface area contributed by atoms with Gasteiger partial charge in [-0.05, 0) is 30.5 Å². The number of fused-ring (bicyclic) bond motifs is 1. The minimum atomic E-state index is -0.264. The van der Waals surface area contributed by atoms with Gasteiger partial charge in [0.05, 0.1) is 26.4 Å². The van der Waals surface area contributed by atoms with E-state index in [1.807, 2.05) is 24.3 Å². The van der Waals surface area contributed by atoms with Gasteiger partial charge >= 0.3 is 5.69 Å². The number of nitrogen functional groups attached to an aromatic ring is 1. The molecule has 0 radical (unpaired) electrons. The molecule has 0 aliphatic carbocycles. The molecule has 0 amide bonds. The van der Waals surface area contributed by atoms with Gasteiger partial charge in [-0.25, -0.2) is 4.79 Å². The molecule has 0 atom stereocenters. The van der Waals surface area contributed by atoms with E-state index in [0.29, 0.717) is 30.3 Å². The molecule has 4 rings (SSSR count). The zero-order valence-corrected chi connectivity index (χ0v) is 19.2. The molecule has 0 unspecified atom stereocenters. The van der Waals surface area contributed by atoms with Gasteiger partial charge in [-0.2, -0.15) is 9.97 Å². The Balaban J connectivity index is 1.37. The first kappa shape index (κ1) is 23.1. The minimum absolute atomic E-state index is 0.260. The lowest BCUT2D eigenvalue weighted by molar-refractivity contribution is 0.0358. The molecule has 10 nitrogen and oxygen atoms in total. The molecule has 4 N–H and O–H groups in total. The molecular weight excluding hydrogens is 422 g/mol. The summed E-state index contributed by atoms with van der Waals surface area (Å²) in [7, 11) is 0. The Morgan fingerprint density at radius 3 is 2.73 bits per heavy atom. The molecule has 0 spiro atoms. The topological polar surface area (TPSA) is 123 Å². The van der Waals surface area contributed by atoms with Crippen molar-refractivity contribution in [1.82, 2.24) is 24.4 Å². The zero-order valence-electron chi connectivity index (χ0n) is 19.2. The maximum Gasteiger partial charge on any atom is 0.328 e. The second kappa shape index (κ2) is 11.2. The van der Waals surface area contributed by atoms with E-state index in [1.54, 1.807) is 4.57 Å². The predicted molar refractivity (Wildman–Crippen MR) is 129 cm³/mol. The number of hydrogen-bond donors (Lipinski definition) is 3. The lowest BCUT2D eigenvalue weighted by Gasteiger charge is -2.26. The highest BCUT2D eigenvalue weighted by molar-refractivity contribution is 5.82. The molecule has 3 heterocycles. The number of nitrogens with one attached hydrogen (secondary N) is 2. The van der Waals surface area contributed by atoms with Gasteiger partial charge in [0, 0.05) is 26.2 Å². The highest BCUT2D eigenvalue weighted by Crippen LogP contribution is 2.19. The van der Waals surface area contributed by atoms with Crippen LogP contribution in [-0.4, -0.2) is 70.4 Å². The summed E-state index contributed by atoms with van der Waals surface area (Å²) < 4.78 is 12.8. The molecule has 10 heteroatoms. The van der Waals surface area contributed by atoms with Crippen molar-refractivity contribution in [3.8, 4) is 5.75 Å². The molecule has 2 aromatic heterocycles. The Bertz CT molecular complexity index is 1090. The molecule has 0 bridgehead atoms. The maximum atomic E-state index is 12.6. The second-order valence-electron chi connectivity index (χ2n) is 8.23. The first-order valence-electron chi connectivity index (χ1n) is 11.7. The van der Waals surface area contributed by atoms with Crippen molar-refractivity contribution in [1.29, 1.82) is 0 Å². The quantitative estimate of drug-likeness (QED) is 0.376. The first-order chi connectivity index (χ1) is 16.1. The maximum absolute atomic E-state index is 12.6. The van der Waals surface area contributed by atoms with E-state index < -0.39 is 0 Å². The molecule has 1 aliphatic rings. The molecule has 0 saturated carbocycles. The van der Waals surface area contributed by atoms with Crippen LogP contribution in [0.5, 0.6) is 5.75 Å². The predicted octanol–water partition coefficient (Wildman–Crippen LogP) is 2.06. The summed E-state index contributed by atoms with van der Waals surface area (Å²) in [5.74, 6) is 1.51. The summed E-state index contributed by atoms with van der Waals surface area (Å²) in [6.45, 7) is 8.56. The molecule has 33 heavy (non-hydrogen) atoms. The van der Waals surface area contributed by atoms with Crippen LogP contribution < -0.4 is 21.5 Å². The zero-order chi connectivity index (χ0) is 23.0. The third-order valence-electron chi connectivity index (χ3n) is 5.72. The van der Waals surface area contributed by atoms with Gasteiger partial charge in [-0.15, -0.1) is 0 Å². The summed E-state index contributed by atoms with van der Waals surface area (Å²) >= 11 is 0. The number of anilines is 2. The van der Waals surface area contributed by atoms with Crippen LogP contribution in [0, 0.1) is 0 Å². The number of aromatic amines is 1. The molecule has 1 aromatic carbocycles. The van der Waals surface area contributed by atoms with E-state index in [-0.39, 0.29) is 11.5 Å². The standard InChI is InChI=1S/C23H33N7O3/c1-2-3-9-25-22-27-20(24)19-21(28-22)30(23(31)26-19)16-17-5-7-18(8-6-17)33-13-4-10-29-11-14-32-15-12-29/h5-8H,2-4,9-16H2,1H3,(H,26,31)(H3,24,25,27,28). The highest BCUT2D eigenvalue weighted by Gasteiger charge is 2.14. The Kier molecular flexibility index (Phi) is 7.79. The van der Waals surface area contributed by atoms with Crippen molar-refractivity contribution in [2.75, 3.05) is 57.1 Å². The minimum Gasteiger partial charge on any atom is -0.494 e. The Morgan fingerprint density at radius 1 is 1.18 bits per heavy atom. The number of nitrogens with zero attached hydrogens (tertiary/aromatic N) is 4. The average molecular weight is 456 g/mol. The number of unbranched alkanes of at least 4 members (excludes halogenated alkanes) is 1. The van der Waals surface area contributed by atoms with Crippen LogP contribution in [0.1, 0.15) is 31.7 Å². The number of morpholine rings is 1. The van der Waals surface area contributed by atoms with Crippen LogP contribution in [0.4, 0.5) is 11.8 Å². The van der Waals surface area contributed by atoms with Gasteiger partial charge in [-0.1, -0.05) is 25.5 Å². The SMILES string of the molecule is CCCCNc1nc(N)c2[nH]c(=O)n(Cc3ccc(OCCCN4CCOCC4)cc3)c2n1. The number of rotatable bonds is 11. The third kappa shape index (κ3) is 6.02. The Morgan fingerprint density at radius 2 is 1.97 bits per heavy atom. The number of hydrogen-bond acceptors (Lipinski definition) is 8. The highest BCUT2D eigenvalue weighted by atomic mass is 16.5. The summed E-state index contributed by atoms with van der Waals surface area (Å²) in [6.07, 6.45) is 3.04. The van der Waals surface area contributed by atoms with Gasteiger partial charge in [0.2, 0.25) is 5.95 Å². The molecular formula is C23H33N7O3. The van der Waals surface area contributed by atoms with Crippen LogP contribution >= 0.6 is 0 Å². The Labute approximate surface area is 193 Å². The van der Waals surface area contributed by atoms with Crippen LogP contribution in [0.3, 0.4) is 0 Å². The van der Waals surface area contributed by atoms with Crippen molar-refractivity contribution >= 4 is 22.9 Å². The van der Waals surface area contributed by atoms with Crippen LogP contribution in [0.25, 0.3) is 11.2 Å². The summed E-state index contributed by atoms with van der Waals surface area (Å²) in [5, 5.41) is 3.17. The largest absolute Gasteiger partial charge is 0.494 e. The van der Waals surface area contributed by atoms with E-state index in [9.17, 15) is 4.79 Å². The number of H-pyrrole nitrogens is 1. The molecule has 1 aliphatic heterocycles. The molecule has 1 saturated heterocycles. The Hall–Kier alpha value is -3.11. The van der Waals surface area contributed by atoms with Gasteiger partial charge in [0.1, 0.15) is 11.3 Å². The second-order valence-corrected chi connectivity index (χ2v) is 8.23. The normalized spacial score (nSPS) is 14.6. The number of nitrogens with two attached hydrogens (primary N) is 1. The van der Waals surface area contributed by atoms with Gasteiger partial charge < -0.3 is 25.5 Å². The summed E-state index contributed by atoms with van der Waals surface area (Å²) in [5.41, 5.74) is 7.72. The fourth-order valence-electron chi connectivity index (χ4n) is 3.83.